The van der Waals surface area contributed by atoms with Crippen molar-refractivity contribution in [3.05, 3.63) is 60.5 Å². The minimum atomic E-state index is -0.0975. The molecule has 1 unspecified atom stereocenters. The van der Waals surface area contributed by atoms with E-state index in [2.05, 4.69) is 30.1 Å². The topological polar surface area (TPSA) is 136 Å². The summed E-state index contributed by atoms with van der Waals surface area (Å²) in [6, 6.07) is 7.37. The third-order valence-electron chi connectivity index (χ3n) is 6.16. The highest BCUT2D eigenvalue weighted by Gasteiger charge is 2.31. The minimum absolute atomic E-state index is 0.0369. The largest absolute Gasteiger partial charge is 0.455 e. The van der Waals surface area contributed by atoms with Gasteiger partial charge in [0.2, 0.25) is 17.6 Å². The summed E-state index contributed by atoms with van der Waals surface area (Å²) < 4.78 is 11.4. The summed E-state index contributed by atoms with van der Waals surface area (Å²) in [6.45, 7) is 4.04. The van der Waals surface area contributed by atoms with Crippen LogP contribution in [0.2, 0.25) is 0 Å². The smallest absolute Gasteiger partial charge is 0.223 e. The van der Waals surface area contributed by atoms with Gasteiger partial charge in [-0.3, -0.25) is 9.78 Å². The Labute approximate surface area is 205 Å². The van der Waals surface area contributed by atoms with Crippen molar-refractivity contribution in [3.8, 4) is 34.5 Å². The normalized spacial score (nSPS) is 15.5. The Bertz CT molecular complexity index is 1550. The van der Waals surface area contributed by atoms with E-state index in [1.807, 2.05) is 17.0 Å². The lowest BCUT2D eigenvalue weighted by atomic mass is 10.0. The molecule has 1 atom stereocenters. The number of imidazole rings is 1. The monoisotopic (exact) mass is 482 g/mol. The number of likely N-dealkylation sites (tertiary alicyclic amines) is 1. The lowest BCUT2D eigenvalue weighted by Crippen LogP contribution is -2.28. The molecule has 1 amide bonds. The number of amides is 1. The molecule has 0 aliphatic carbocycles. The zero-order valence-electron chi connectivity index (χ0n) is 19.7. The average molecular weight is 483 g/mol. The number of ether oxygens (including phenoxy) is 1. The molecule has 1 saturated heterocycles. The fourth-order valence-electron chi connectivity index (χ4n) is 4.52. The molecule has 180 valence electrons. The quantitative estimate of drug-likeness (QED) is 0.390. The highest BCUT2D eigenvalue weighted by molar-refractivity contribution is 5.82. The van der Waals surface area contributed by atoms with Gasteiger partial charge in [0.1, 0.15) is 22.9 Å². The van der Waals surface area contributed by atoms with E-state index in [4.69, 9.17) is 14.2 Å². The number of carbonyl (C=O) groups is 1. The Morgan fingerprint density at radius 1 is 1.14 bits per heavy atom. The number of nitrogens with zero attached hydrogens (tertiary/aromatic N) is 7. The van der Waals surface area contributed by atoms with Gasteiger partial charge in [0.15, 0.2) is 5.82 Å². The Hall–Kier alpha value is -4.67. The van der Waals surface area contributed by atoms with Crippen LogP contribution in [0.5, 0.6) is 11.5 Å². The molecule has 6 rings (SSSR count). The average Bonchev–Trinajstić information content (AvgIpc) is 3.64. The fraction of sp³-hybridized carbons (Fsp3) is 0.240. The molecule has 1 aliphatic heterocycles. The van der Waals surface area contributed by atoms with Gasteiger partial charge in [0.25, 0.3) is 0 Å². The summed E-state index contributed by atoms with van der Waals surface area (Å²) in [6.07, 6.45) is 8.28. The minimum Gasteiger partial charge on any atom is -0.455 e. The Morgan fingerprint density at radius 2 is 2.06 bits per heavy atom. The number of pyridine rings is 1. The Balaban J connectivity index is 1.40. The SMILES string of the molecule is CC(=O)N1CCCC1c1cc2[nH]c(-c3cnccn3)nc2cc1Oc1ccc(-c2noc(C)n2)nc1. The molecule has 1 aromatic carbocycles. The highest BCUT2D eigenvalue weighted by Crippen LogP contribution is 2.41. The van der Waals surface area contributed by atoms with Gasteiger partial charge in [-0.25, -0.2) is 15.0 Å². The predicted octanol–water partition coefficient (Wildman–Crippen LogP) is 4.25. The second-order valence-corrected chi connectivity index (χ2v) is 8.57. The van der Waals surface area contributed by atoms with Crippen molar-refractivity contribution in [3.63, 3.8) is 0 Å². The van der Waals surface area contributed by atoms with E-state index < -0.39 is 0 Å². The van der Waals surface area contributed by atoms with Crippen molar-refractivity contribution in [2.24, 2.45) is 0 Å². The van der Waals surface area contributed by atoms with Crippen molar-refractivity contribution in [1.29, 1.82) is 0 Å². The number of nitrogens with one attached hydrogen (secondary N) is 1. The van der Waals surface area contributed by atoms with E-state index in [1.165, 1.54) is 0 Å². The van der Waals surface area contributed by atoms with Crippen molar-refractivity contribution in [1.82, 2.24) is 40.0 Å². The van der Waals surface area contributed by atoms with Crippen LogP contribution in [0.15, 0.2) is 53.6 Å². The number of aryl methyl sites for hydroxylation is 1. The predicted molar refractivity (Wildman–Crippen MR) is 129 cm³/mol. The number of aromatic nitrogens is 7. The summed E-state index contributed by atoms with van der Waals surface area (Å²) in [5, 5.41) is 3.90. The van der Waals surface area contributed by atoms with Gasteiger partial charge >= 0.3 is 0 Å². The molecule has 11 nitrogen and oxygen atoms in total. The van der Waals surface area contributed by atoms with E-state index in [0.29, 0.717) is 52.5 Å². The third kappa shape index (κ3) is 4.04. The summed E-state index contributed by atoms with van der Waals surface area (Å²) in [5.74, 6) is 2.68. The van der Waals surface area contributed by atoms with Gasteiger partial charge in [0, 0.05) is 44.4 Å². The van der Waals surface area contributed by atoms with Crippen molar-refractivity contribution < 1.29 is 14.1 Å². The summed E-state index contributed by atoms with van der Waals surface area (Å²) in [4.78, 5) is 39.4. The molecule has 0 saturated carbocycles. The number of rotatable bonds is 5. The molecule has 11 heteroatoms. The number of hydrogen-bond donors (Lipinski definition) is 1. The van der Waals surface area contributed by atoms with Crippen molar-refractivity contribution >= 4 is 16.9 Å². The number of H-pyrrole nitrogens is 1. The molecule has 36 heavy (non-hydrogen) atoms. The molecular formula is C25H22N8O3. The second-order valence-electron chi connectivity index (χ2n) is 8.57. The van der Waals surface area contributed by atoms with Crippen LogP contribution in [0, 0.1) is 6.92 Å². The van der Waals surface area contributed by atoms with E-state index in [1.54, 1.807) is 50.8 Å². The molecular weight excluding hydrogens is 460 g/mol. The second kappa shape index (κ2) is 8.84. The van der Waals surface area contributed by atoms with Gasteiger partial charge in [-0.05, 0) is 31.0 Å². The lowest BCUT2D eigenvalue weighted by Gasteiger charge is -2.25. The number of hydrogen-bond acceptors (Lipinski definition) is 9. The van der Waals surface area contributed by atoms with Crippen LogP contribution in [0.4, 0.5) is 0 Å². The van der Waals surface area contributed by atoms with Gasteiger partial charge in [-0.15, -0.1) is 0 Å². The first-order chi connectivity index (χ1) is 17.5. The summed E-state index contributed by atoms with van der Waals surface area (Å²) in [7, 11) is 0. The Kier molecular flexibility index (Phi) is 5.36. The molecule has 4 aromatic heterocycles. The van der Waals surface area contributed by atoms with Crippen molar-refractivity contribution in [2.45, 2.75) is 32.7 Å². The van der Waals surface area contributed by atoms with Gasteiger partial charge < -0.3 is 19.1 Å². The standard InChI is InChI=1S/C25H22N8O3/c1-14-29-25(32-36-14)18-6-5-16(12-28-18)35-23-11-20-19(30-24(31-20)21-13-26-7-8-27-21)10-17(23)22-4-3-9-33(22)15(2)34/h5-8,10-13,22H,3-4,9H2,1-2H3,(H,30,31). The van der Waals surface area contributed by atoms with Gasteiger partial charge in [0.05, 0.1) is 29.5 Å². The van der Waals surface area contributed by atoms with Crippen molar-refractivity contribution in [2.75, 3.05) is 6.54 Å². The summed E-state index contributed by atoms with van der Waals surface area (Å²) >= 11 is 0. The van der Waals surface area contributed by atoms with E-state index >= 15 is 0 Å². The number of fused-ring (bicyclic) bond motifs is 1. The van der Waals surface area contributed by atoms with E-state index in [9.17, 15) is 4.79 Å². The zero-order chi connectivity index (χ0) is 24.6. The maximum Gasteiger partial charge on any atom is 0.223 e. The first-order valence-electron chi connectivity index (χ1n) is 11.6. The zero-order valence-corrected chi connectivity index (χ0v) is 19.7. The van der Waals surface area contributed by atoms with Gasteiger partial charge in [-0.1, -0.05) is 5.16 Å². The fourth-order valence-corrected chi connectivity index (χ4v) is 4.52. The molecule has 5 heterocycles. The molecule has 0 radical (unpaired) electrons. The first kappa shape index (κ1) is 21.8. The van der Waals surface area contributed by atoms with E-state index in [0.717, 1.165) is 23.9 Å². The van der Waals surface area contributed by atoms with Crippen LogP contribution in [-0.2, 0) is 4.79 Å². The van der Waals surface area contributed by atoms with Crippen LogP contribution in [0.1, 0.15) is 37.3 Å². The maximum absolute atomic E-state index is 12.3. The van der Waals surface area contributed by atoms with Crippen LogP contribution in [-0.4, -0.2) is 52.4 Å². The number of aromatic amines is 1. The maximum atomic E-state index is 12.3. The molecule has 1 aliphatic rings. The molecule has 0 spiro atoms. The van der Waals surface area contributed by atoms with E-state index in [-0.39, 0.29) is 11.9 Å². The molecule has 5 aromatic rings. The molecule has 1 fully saturated rings. The highest BCUT2D eigenvalue weighted by atomic mass is 16.5. The number of benzene rings is 1. The van der Waals surface area contributed by atoms with Gasteiger partial charge in [-0.2, -0.15) is 4.98 Å². The number of carbonyl (C=O) groups excluding carboxylic acids is 1. The molecule has 1 N–H and O–H groups in total. The van der Waals surface area contributed by atoms with Crippen LogP contribution < -0.4 is 4.74 Å². The third-order valence-corrected chi connectivity index (χ3v) is 6.16. The molecule has 0 bridgehead atoms. The van der Waals surface area contributed by atoms with Crippen LogP contribution in [0.3, 0.4) is 0 Å². The van der Waals surface area contributed by atoms with Crippen LogP contribution in [0.25, 0.3) is 34.1 Å². The summed E-state index contributed by atoms with van der Waals surface area (Å²) in [5.41, 5.74) is 3.67. The first-order valence-corrected chi connectivity index (χ1v) is 11.6. The Morgan fingerprint density at radius 3 is 2.78 bits per heavy atom. The van der Waals surface area contributed by atoms with Crippen LogP contribution >= 0.6 is 0 Å². The lowest BCUT2D eigenvalue weighted by molar-refractivity contribution is -0.129.